The topological polar surface area (TPSA) is 64.4 Å². The quantitative estimate of drug-likeness (QED) is 0.616. The van der Waals surface area contributed by atoms with E-state index in [2.05, 4.69) is 30.3 Å². The standard InChI is InChI=1S/C13H22N2O3S/c1-13(2,3)10-8-14-12(19-9-11(16)17)15(10)6-5-7-18-4/h8H,5-7,9H2,1-4H3,(H,16,17). The second-order valence-corrected chi connectivity index (χ2v) is 6.30. The van der Waals surface area contributed by atoms with Crippen molar-refractivity contribution in [2.75, 3.05) is 19.5 Å². The highest BCUT2D eigenvalue weighted by molar-refractivity contribution is 7.99. The largest absolute Gasteiger partial charge is 0.481 e. The minimum Gasteiger partial charge on any atom is -0.481 e. The maximum Gasteiger partial charge on any atom is 0.313 e. The van der Waals surface area contributed by atoms with Crippen molar-refractivity contribution in [2.45, 2.75) is 44.3 Å². The number of aromatic nitrogens is 2. The Morgan fingerprint density at radius 3 is 2.74 bits per heavy atom. The van der Waals surface area contributed by atoms with Gasteiger partial charge < -0.3 is 14.4 Å². The summed E-state index contributed by atoms with van der Waals surface area (Å²) in [6, 6.07) is 0. The van der Waals surface area contributed by atoms with Crippen LogP contribution in [0.15, 0.2) is 11.4 Å². The van der Waals surface area contributed by atoms with E-state index < -0.39 is 5.97 Å². The molecular weight excluding hydrogens is 264 g/mol. The van der Waals surface area contributed by atoms with Crippen molar-refractivity contribution >= 4 is 17.7 Å². The molecule has 0 aliphatic carbocycles. The van der Waals surface area contributed by atoms with E-state index in [4.69, 9.17) is 9.84 Å². The molecule has 6 heteroatoms. The van der Waals surface area contributed by atoms with Crippen LogP contribution < -0.4 is 0 Å². The number of carboxylic acids is 1. The van der Waals surface area contributed by atoms with Crippen molar-refractivity contribution < 1.29 is 14.6 Å². The van der Waals surface area contributed by atoms with Crippen LogP contribution in [-0.4, -0.2) is 40.1 Å². The van der Waals surface area contributed by atoms with E-state index in [0.717, 1.165) is 23.8 Å². The predicted octanol–water partition coefficient (Wildman–Crippen LogP) is 2.39. The third-order valence-corrected chi connectivity index (χ3v) is 3.62. The van der Waals surface area contributed by atoms with Gasteiger partial charge in [-0.1, -0.05) is 32.5 Å². The van der Waals surface area contributed by atoms with Crippen LogP contribution in [0.3, 0.4) is 0 Å². The van der Waals surface area contributed by atoms with Gasteiger partial charge in [-0.05, 0) is 6.42 Å². The fourth-order valence-corrected chi connectivity index (χ4v) is 2.51. The van der Waals surface area contributed by atoms with E-state index in [1.165, 1.54) is 11.8 Å². The first-order valence-electron chi connectivity index (χ1n) is 6.25. The average molecular weight is 286 g/mol. The second-order valence-electron chi connectivity index (χ2n) is 5.36. The first-order chi connectivity index (χ1) is 8.86. The number of imidazole rings is 1. The highest BCUT2D eigenvalue weighted by Crippen LogP contribution is 2.27. The Labute approximate surface area is 118 Å². The summed E-state index contributed by atoms with van der Waals surface area (Å²) in [6.45, 7) is 7.86. The summed E-state index contributed by atoms with van der Waals surface area (Å²) in [4.78, 5) is 15.0. The third-order valence-electron chi connectivity index (χ3n) is 2.64. The molecule has 108 valence electrons. The number of nitrogens with zero attached hydrogens (tertiary/aromatic N) is 2. The molecule has 0 saturated carbocycles. The monoisotopic (exact) mass is 286 g/mol. The number of aliphatic carboxylic acids is 1. The van der Waals surface area contributed by atoms with Crippen molar-refractivity contribution in [3.63, 3.8) is 0 Å². The van der Waals surface area contributed by atoms with Gasteiger partial charge in [-0.25, -0.2) is 4.98 Å². The van der Waals surface area contributed by atoms with Gasteiger partial charge >= 0.3 is 5.97 Å². The van der Waals surface area contributed by atoms with Gasteiger partial charge in [0.2, 0.25) is 0 Å². The molecule has 1 heterocycles. The third kappa shape index (κ3) is 4.87. The SMILES string of the molecule is COCCCn1c(C(C)(C)C)cnc1SCC(=O)O. The van der Waals surface area contributed by atoms with Crippen molar-refractivity contribution in [1.29, 1.82) is 0 Å². The van der Waals surface area contributed by atoms with Gasteiger partial charge in [0, 0.05) is 37.6 Å². The second kappa shape index (κ2) is 6.96. The van der Waals surface area contributed by atoms with Crippen LogP contribution in [0, 0.1) is 0 Å². The van der Waals surface area contributed by atoms with Gasteiger partial charge in [0.05, 0.1) is 5.75 Å². The smallest absolute Gasteiger partial charge is 0.313 e. The van der Waals surface area contributed by atoms with Crippen LogP contribution >= 0.6 is 11.8 Å². The summed E-state index contributed by atoms with van der Waals surface area (Å²) >= 11 is 1.26. The first-order valence-corrected chi connectivity index (χ1v) is 7.24. The molecule has 0 fully saturated rings. The van der Waals surface area contributed by atoms with E-state index in [1.54, 1.807) is 7.11 Å². The van der Waals surface area contributed by atoms with Crippen molar-refractivity contribution in [2.24, 2.45) is 0 Å². The molecule has 0 saturated heterocycles. The van der Waals surface area contributed by atoms with Crippen LogP contribution in [0.1, 0.15) is 32.9 Å². The molecule has 1 rings (SSSR count). The molecule has 5 nitrogen and oxygen atoms in total. The summed E-state index contributed by atoms with van der Waals surface area (Å²) in [5.41, 5.74) is 1.11. The molecule has 1 aromatic rings. The molecule has 0 unspecified atom stereocenters. The number of carboxylic acid groups (broad SMARTS) is 1. The highest BCUT2D eigenvalue weighted by Gasteiger charge is 2.21. The minimum atomic E-state index is -0.825. The molecular formula is C13H22N2O3S. The zero-order valence-electron chi connectivity index (χ0n) is 12.0. The predicted molar refractivity (Wildman–Crippen MR) is 75.8 cm³/mol. The number of thioether (sulfide) groups is 1. The highest BCUT2D eigenvalue weighted by atomic mass is 32.2. The Morgan fingerprint density at radius 1 is 1.53 bits per heavy atom. The minimum absolute atomic E-state index is 0.0118. The number of rotatable bonds is 7. The Hall–Kier alpha value is -1.01. The van der Waals surface area contributed by atoms with E-state index in [0.29, 0.717) is 6.61 Å². The zero-order valence-corrected chi connectivity index (χ0v) is 12.8. The number of hydrogen-bond acceptors (Lipinski definition) is 4. The number of carbonyl (C=O) groups is 1. The van der Waals surface area contributed by atoms with Gasteiger partial charge in [-0.3, -0.25) is 4.79 Å². The van der Waals surface area contributed by atoms with Crippen LogP contribution in [0.25, 0.3) is 0 Å². The summed E-state index contributed by atoms with van der Waals surface area (Å²) in [6.07, 6.45) is 2.73. The summed E-state index contributed by atoms with van der Waals surface area (Å²) in [5.74, 6) is -0.793. The molecule has 1 aromatic heterocycles. The zero-order chi connectivity index (χ0) is 14.5. The van der Waals surface area contributed by atoms with Crippen molar-refractivity contribution in [1.82, 2.24) is 9.55 Å². The molecule has 0 spiro atoms. The molecule has 1 N–H and O–H groups in total. The van der Waals surface area contributed by atoms with Crippen LogP contribution in [0.5, 0.6) is 0 Å². The fraction of sp³-hybridized carbons (Fsp3) is 0.692. The summed E-state index contributed by atoms with van der Waals surface area (Å²) < 4.78 is 7.17. The van der Waals surface area contributed by atoms with Gasteiger partial charge in [0.15, 0.2) is 5.16 Å². The molecule has 19 heavy (non-hydrogen) atoms. The Bertz CT molecular complexity index is 424. The Kier molecular flexibility index (Phi) is 5.87. The Balaban J connectivity index is 2.90. The lowest BCUT2D eigenvalue weighted by Gasteiger charge is -2.21. The first kappa shape index (κ1) is 16.0. The molecule has 0 aliphatic heterocycles. The lowest BCUT2D eigenvalue weighted by Crippen LogP contribution is -2.19. The van der Waals surface area contributed by atoms with Crippen molar-refractivity contribution in [3.8, 4) is 0 Å². The van der Waals surface area contributed by atoms with Gasteiger partial charge in [0.1, 0.15) is 0 Å². The normalized spacial score (nSPS) is 11.8. The molecule has 0 amide bonds. The average Bonchev–Trinajstić information content (AvgIpc) is 2.69. The van der Waals surface area contributed by atoms with Gasteiger partial charge in [-0.15, -0.1) is 0 Å². The van der Waals surface area contributed by atoms with Gasteiger partial charge in [-0.2, -0.15) is 0 Å². The number of ether oxygens (including phenoxy) is 1. The molecule has 0 bridgehead atoms. The summed E-state index contributed by atoms with van der Waals surface area (Å²) in [5, 5.41) is 9.54. The maximum atomic E-state index is 10.7. The lowest BCUT2D eigenvalue weighted by atomic mass is 9.92. The fourth-order valence-electron chi connectivity index (χ4n) is 1.78. The van der Waals surface area contributed by atoms with E-state index >= 15 is 0 Å². The number of methoxy groups -OCH3 is 1. The molecule has 0 radical (unpaired) electrons. The molecule has 0 aromatic carbocycles. The molecule has 0 aliphatic rings. The van der Waals surface area contributed by atoms with Crippen molar-refractivity contribution in [3.05, 3.63) is 11.9 Å². The molecule has 0 atom stereocenters. The van der Waals surface area contributed by atoms with E-state index in [9.17, 15) is 4.79 Å². The van der Waals surface area contributed by atoms with Crippen LogP contribution in [0.4, 0.5) is 0 Å². The van der Waals surface area contributed by atoms with E-state index in [1.807, 2.05) is 6.20 Å². The van der Waals surface area contributed by atoms with Gasteiger partial charge in [0.25, 0.3) is 0 Å². The lowest BCUT2D eigenvalue weighted by molar-refractivity contribution is -0.133. The maximum absolute atomic E-state index is 10.7. The van der Waals surface area contributed by atoms with E-state index in [-0.39, 0.29) is 11.2 Å². The summed E-state index contributed by atoms with van der Waals surface area (Å²) in [7, 11) is 1.68. The number of hydrogen-bond donors (Lipinski definition) is 1. The van der Waals surface area contributed by atoms with Crippen LogP contribution in [-0.2, 0) is 21.5 Å². The van der Waals surface area contributed by atoms with Crippen LogP contribution in [0.2, 0.25) is 0 Å². The Morgan fingerprint density at radius 2 is 2.21 bits per heavy atom.